The van der Waals surface area contributed by atoms with E-state index < -0.39 is 6.10 Å². The van der Waals surface area contributed by atoms with E-state index in [2.05, 4.69) is 0 Å². The van der Waals surface area contributed by atoms with Crippen molar-refractivity contribution in [3.63, 3.8) is 0 Å². The lowest BCUT2D eigenvalue weighted by molar-refractivity contribution is -0.138. The molecule has 0 amide bonds. The summed E-state index contributed by atoms with van der Waals surface area (Å²) in [5, 5.41) is 9.39. The van der Waals surface area contributed by atoms with Gasteiger partial charge in [0.25, 0.3) is 0 Å². The van der Waals surface area contributed by atoms with Crippen LogP contribution in [0.3, 0.4) is 0 Å². The molecule has 1 N–H and O–H groups in total. The molecular weight excluding hydrogens is 132 g/mol. The average Bonchev–Trinajstić information content (AvgIpc) is 1.95. The van der Waals surface area contributed by atoms with E-state index in [9.17, 15) is 5.11 Å². The predicted molar refractivity (Wildman–Crippen MR) is 36.8 cm³/mol. The summed E-state index contributed by atoms with van der Waals surface area (Å²) in [6.07, 6.45) is 0.211. The van der Waals surface area contributed by atoms with Crippen LogP contribution < -0.4 is 0 Å². The molecule has 1 aliphatic rings. The molecule has 0 aromatic rings. The molecule has 3 heteroatoms. The van der Waals surface area contributed by atoms with Gasteiger partial charge in [0, 0.05) is 13.7 Å². The number of hydrogen-bond acceptors (Lipinski definition) is 3. The molecule has 0 aliphatic carbocycles. The zero-order valence-corrected chi connectivity index (χ0v) is 6.41. The summed E-state index contributed by atoms with van der Waals surface area (Å²) in [6, 6.07) is 0. The molecule has 0 saturated carbocycles. The van der Waals surface area contributed by atoms with Crippen molar-refractivity contribution in [2.24, 2.45) is 0 Å². The number of rotatable bonds is 1. The highest BCUT2D eigenvalue weighted by atomic mass is 16.5. The smallest absolute Gasteiger partial charge is 0.106 e. The first-order valence-electron chi connectivity index (χ1n) is 3.58. The lowest BCUT2D eigenvalue weighted by atomic mass is 10.0. The average molecular weight is 146 g/mol. The van der Waals surface area contributed by atoms with Crippen molar-refractivity contribution in [2.45, 2.75) is 31.7 Å². The Kier molecular flexibility index (Phi) is 2.65. The van der Waals surface area contributed by atoms with Crippen LogP contribution in [0.4, 0.5) is 0 Å². The minimum atomic E-state index is -0.459. The van der Waals surface area contributed by atoms with Crippen molar-refractivity contribution >= 4 is 0 Å². The number of ether oxygens (including phenoxy) is 2. The summed E-state index contributed by atoms with van der Waals surface area (Å²) in [6.45, 7) is 2.55. The summed E-state index contributed by atoms with van der Waals surface area (Å²) in [5.74, 6) is 0. The molecule has 1 saturated heterocycles. The fourth-order valence-electron chi connectivity index (χ4n) is 1.20. The van der Waals surface area contributed by atoms with Crippen LogP contribution in [-0.2, 0) is 9.47 Å². The second-order valence-electron chi connectivity index (χ2n) is 2.63. The van der Waals surface area contributed by atoms with E-state index in [4.69, 9.17) is 9.47 Å². The first kappa shape index (κ1) is 7.98. The fraction of sp³-hybridized carbons (Fsp3) is 1.00. The molecule has 3 atom stereocenters. The van der Waals surface area contributed by atoms with Crippen LogP contribution in [0.15, 0.2) is 0 Å². The largest absolute Gasteiger partial charge is 0.388 e. The molecule has 1 rings (SSSR count). The summed E-state index contributed by atoms with van der Waals surface area (Å²) < 4.78 is 10.2. The molecule has 0 aromatic heterocycles. The molecule has 1 fully saturated rings. The Labute approximate surface area is 60.9 Å². The Morgan fingerprint density at radius 2 is 2.30 bits per heavy atom. The quantitative estimate of drug-likeness (QED) is 0.573. The lowest BCUT2D eigenvalue weighted by Gasteiger charge is -2.31. The van der Waals surface area contributed by atoms with Gasteiger partial charge >= 0.3 is 0 Å². The molecule has 0 bridgehead atoms. The first-order valence-corrected chi connectivity index (χ1v) is 3.58. The Morgan fingerprint density at radius 1 is 1.60 bits per heavy atom. The van der Waals surface area contributed by atoms with Crippen LogP contribution in [0.2, 0.25) is 0 Å². The highest BCUT2D eigenvalue weighted by Gasteiger charge is 2.29. The second kappa shape index (κ2) is 3.32. The van der Waals surface area contributed by atoms with E-state index in [0.717, 1.165) is 6.42 Å². The van der Waals surface area contributed by atoms with Gasteiger partial charge in [-0.05, 0) is 13.3 Å². The molecule has 0 aromatic carbocycles. The van der Waals surface area contributed by atoms with Gasteiger partial charge in [0.2, 0.25) is 0 Å². The minimum Gasteiger partial charge on any atom is -0.388 e. The maximum Gasteiger partial charge on any atom is 0.106 e. The molecule has 60 valence electrons. The van der Waals surface area contributed by atoms with Gasteiger partial charge in [-0.3, -0.25) is 0 Å². The van der Waals surface area contributed by atoms with Crippen LogP contribution in [-0.4, -0.2) is 37.1 Å². The number of hydrogen-bond donors (Lipinski definition) is 1. The van der Waals surface area contributed by atoms with Crippen molar-refractivity contribution in [2.75, 3.05) is 13.7 Å². The zero-order chi connectivity index (χ0) is 7.56. The molecule has 1 unspecified atom stereocenters. The summed E-state index contributed by atoms with van der Waals surface area (Å²) in [7, 11) is 1.62. The van der Waals surface area contributed by atoms with Crippen LogP contribution in [0.5, 0.6) is 0 Å². The molecule has 0 spiro atoms. The molecule has 1 heterocycles. The highest BCUT2D eigenvalue weighted by molar-refractivity contribution is 4.78. The van der Waals surface area contributed by atoms with Crippen molar-refractivity contribution in [1.82, 2.24) is 0 Å². The molecule has 0 radical (unpaired) electrons. The molecule has 1 aliphatic heterocycles. The molecule has 3 nitrogen and oxygen atoms in total. The third kappa shape index (κ3) is 1.48. The van der Waals surface area contributed by atoms with Crippen LogP contribution in [0.1, 0.15) is 13.3 Å². The second-order valence-corrected chi connectivity index (χ2v) is 2.63. The Hall–Kier alpha value is -0.120. The maximum absolute atomic E-state index is 9.39. The van der Waals surface area contributed by atoms with E-state index in [1.807, 2.05) is 6.92 Å². The van der Waals surface area contributed by atoms with E-state index in [-0.39, 0.29) is 12.2 Å². The summed E-state index contributed by atoms with van der Waals surface area (Å²) in [4.78, 5) is 0. The van der Waals surface area contributed by atoms with Gasteiger partial charge in [-0.25, -0.2) is 0 Å². The third-order valence-electron chi connectivity index (χ3n) is 1.95. The van der Waals surface area contributed by atoms with Crippen LogP contribution in [0, 0.1) is 0 Å². The van der Waals surface area contributed by atoms with Gasteiger partial charge in [-0.15, -0.1) is 0 Å². The topological polar surface area (TPSA) is 38.7 Å². The third-order valence-corrected chi connectivity index (χ3v) is 1.95. The maximum atomic E-state index is 9.39. The molecular formula is C7H14O3. The Bertz CT molecular complexity index is 105. The predicted octanol–water partition coefficient (Wildman–Crippen LogP) is 0.171. The zero-order valence-electron chi connectivity index (χ0n) is 6.41. The lowest BCUT2D eigenvalue weighted by Crippen LogP contribution is -2.43. The van der Waals surface area contributed by atoms with Gasteiger partial charge < -0.3 is 14.6 Å². The monoisotopic (exact) mass is 146 g/mol. The van der Waals surface area contributed by atoms with Crippen molar-refractivity contribution in [3.05, 3.63) is 0 Å². The van der Waals surface area contributed by atoms with Crippen LogP contribution in [0.25, 0.3) is 0 Å². The summed E-state index contributed by atoms with van der Waals surface area (Å²) in [5.41, 5.74) is 0. The Morgan fingerprint density at radius 3 is 2.80 bits per heavy atom. The van der Waals surface area contributed by atoms with Gasteiger partial charge in [0.05, 0.1) is 12.2 Å². The normalized spacial score (nSPS) is 41.7. The minimum absolute atomic E-state index is 0.0382. The number of aliphatic hydroxyl groups excluding tert-OH is 1. The van der Waals surface area contributed by atoms with Gasteiger partial charge in [0.15, 0.2) is 0 Å². The van der Waals surface area contributed by atoms with E-state index >= 15 is 0 Å². The number of aliphatic hydroxyl groups is 1. The SMILES string of the molecule is CO[C@H]1CCO[C@@H](C)C1O. The van der Waals surface area contributed by atoms with E-state index in [0.29, 0.717) is 6.61 Å². The standard InChI is InChI=1S/C7H14O3/c1-5-7(8)6(9-2)3-4-10-5/h5-8H,3-4H2,1-2H3/t5-,6-,7?/m0/s1. The highest BCUT2D eigenvalue weighted by Crippen LogP contribution is 2.16. The summed E-state index contributed by atoms with van der Waals surface area (Å²) >= 11 is 0. The van der Waals surface area contributed by atoms with Crippen molar-refractivity contribution in [1.29, 1.82) is 0 Å². The van der Waals surface area contributed by atoms with Crippen molar-refractivity contribution in [3.8, 4) is 0 Å². The van der Waals surface area contributed by atoms with Crippen LogP contribution >= 0.6 is 0 Å². The van der Waals surface area contributed by atoms with E-state index in [1.54, 1.807) is 7.11 Å². The van der Waals surface area contributed by atoms with Gasteiger partial charge in [-0.1, -0.05) is 0 Å². The number of methoxy groups -OCH3 is 1. The van der Waals surface area contributed by atoms with Crippen molar-refractivity contribution < 1.29 is 14.6 Å². The first-order chi connectivity index (χ1) is 4.75. The van der Waals surface area contributed by atoms with E-state index in [1.165, 1.54) is 0 Å². The van der Waals surface area contributed by atoms with Gasteiger partial charge in [-0.2, -0.15) is 0 Å². The Balaban J connectivity index is 2.42. The fourth-order valence-corrected chi connectivity index (χ4v) is 1.20. The molecule has 10 heavy (non-hydrogen) atoms. The van der Waals surface area contributed by atoms with Gasteiger partial charge in [0.1, 0.15) is 6.10 Å².